The normalized spacial score (nSPS) is 11.7. The lowest BCUT2D eigenvalue weighted by Gasteiger charge is -2.14. The third-order valence-electron chi connectivity index (χ3n) is 3.74. The van der Waals surface area contributed by atoms with Crippen LogP contribution < -0.4 is 10.3 Å². The second kappa shape index (κ2) is 8.14. The molecule has 0 aromatic heterocycles. The third kappa shape index (κ3) is 4.80. The summed E-state index contributed by atoms with van der Waals surface area (Å²) in [6.07, 6.45) is 1.53. The minimum absolute atomic E-state index is 0.149. The Kier molecular flexibility index (Phi) is 6.13. The maximum Gasteiger partial charge on any atom is 0.270 e. The Morgan fingerprint density at radius 3 is 2.22 bits per heavy atom. The van der Waals surface area contributed by atoms with Gasteiger partial charge in [-0.3, -0.25) is 15.5 Å². The number of hydrazone groups is 1. The van der Waals surface area contributed by atoms with Crippen LogP contribution in [0.4, 0.5) is 17.1 Å². The number of non-ortho nitro benzene ring substituents is 1. The molecule has 0 heterocycles. The number of nitro benzene ring substituents is 1. The fourth-order valence-electron chi connectivity index (χ4n) is 2.16. The standard InChI is InChI=1S/C17H21N5O4S/c1-20(2)14-7-5-13(6-8-14)12-18-19-16-10-9-15(22(23)24)11-17(16)27(25,26)21(3)4/h5-12,19H,1-4H3/b18-12+. The largest absolute Gasteiger partial charge is 0.378 e. The van der Waals surface area contributed by atoms with Crippen molar-refractivity contribution in [1.29, 1.82) is 0 Å². The molecule has 1 N–H and O–H groups in total. The van der Waals surface area contributed by atoms with Crippen molar-refractivity contribution in [3.63, 3.8) is 0 Å². The Morgan fingerprint density at radius 1 is 1.07 bits per heavy atom. The predicted molar refractivity (Wildman–Crippen MR) is 106 cm³/mol. The summed E-state index contributed by atoms with van der Waals surface area (Å²) in [6, 6.07) is 11.1. The fourth-order valence-corrected chi connectivity index (χ4v) is 3.22. The molecule has 2 aromatic rings. The highest BCUT2D eigenvalue weighted by atomic mass is 32.2. The van der Waals surface area contributed by atoms with Crippen LogP contribution in [0.2, 0.25) is 0 Å². The molecule has 0 aliphatic heterocycles. The maximum atomic E-state index is 12.5. The molecule has 10 heteroatoms. The number of anilines is 2. The summed E-state index contributed by atoms with van der Waals surface area (Å²) in [4.78, 5) is 12.1. The van der Waals surface area contributed by atoms with Crippen molar-refractivity contribution < 1.29 is 13.3 Å². The van der Waals surface area contributed by atoms with Crippen molar-refractivity contribution in [2.75, 3.05) is 38.5 Å². The van der Waals surface area contributed by atoms with E-state index in [0.717, 1.165) is 21.6 Å². The summed E-state index contributed by atoms with van der Waals surface area (Å²) in [6.45, 7) is 0. The Bertz CT molecular complexity index is 954. The van der Waals surface area contributed by atoms with E-state index in [4.69, 9.17) is 0 Å². The van der Waals surface area contributed by atoms with Crippen molar-refractivity contribution in [1.82, 2.24) is 4.31 Å². The minimum Gasteiger partial charge on any atom is -0.378 e. The topological polar surface area (TPSA) is 108 Å². The first kappa shape index (κ1) is 20.3. The first-order valence-electron chi connectivity index (χ1n) is 7.90. The van der Waals surface area contributed by atoms with E-state index < -0.39 is 14.9 Å². The first-order valence-corrected chi connectivity index (χ1v) is 9.34. The van der Waals surface area contributed by atoms with Crippen molar-refractivity contribution in [3.8, 4) is 0 Å². The van der Waals surface area contributed by atoms with E-state index in [0.29, 0.717) is 0 Å². The van der Waals surface area contributed by atoms with Gasteiger partial charge in [-0.25, -0.2) is 12.7 Å². The summed E-state index contributed by atoms with van der Waals surface area (Å²) in [5.41, 5.74) is 4.34. The van der Waals surface area contributed by atoms with Gasteiger partial charge in [0.2, 0.25) is 10.0 Å². The van der Waals surface area contributed by atoms with Crippen LogP contribution >= 0.6 is 0 Å². The highest BCUT2D eigenvalue weighted by molar-refractivity contribution is 7.89. The second-order valence-electron chi connectivity index (χ2n) is 6.08. The summed E-state index contributed by atoms with van der Waals surface area (Å²) in [5, 5.41) is 15.0. The van der Waals surface area contributed by atoms with E-state index in [1.54, 1.807) is 0 Å². The minimum atomic E-state index is -3.89. The SMILES string of the molecule is CN(C)c1ccc(/C=N/Nc2ccc([N+](=O)[O-])cc2S(=O)(=O)N(C)C)cc1. The molecule has 0 aliphatic rings. The molecule has 0 atom stereocenters. The van der Waals surface area contributed by atoms with E-state index in [1.807, 2.05) is 43.3 Å². The summed E-state index contributed by atoms with van der Waals surface area (Å²) < 4.78 is 25.9. The molecule has 9 nitrogen and oxygen atoms in total. The van der Waals surface area contributed by atoms with E-state index in [2.05, 4.69) is 10.5 Å². The number of nitrogens with one attached hydrogen (secondary N) is 1. The van der Waals surface area contributed by atoms with Crippen molar-refractivity contribution >= 4 is 33.3 Å². The molecule has 0 saturated carbocycles. The van der Waals surface area contributed by atoms with Crippen molar-refractivity contribution in [2.45, 2.75) is 4.90 Å². The van der Waals surface area contributed by atoms with E-state index >= 15 is 0 Å². The van der Waals surface area contributed by atoms with Crippen LogP contribution in [-0.2, 0) is 10.0 Å². The van der Waals surface area contributed by atoms with Gasteiger partial charge in [0, 0.05) is 46.0 Å². The first-order chi connectivity index (χ1) is 12.6. The van der Waals surface area contributed by atoms with Gasteiger partial charge in [0.05, 0.1) is 16.8 Å². The molecule has 2 aromatic carbocycles. The zero-order chi connectivity index (χ0) is 20.2. The van der Waals surface area contributed by atoms with Crippen LogP contribution in [0.25, 0.3) is 0 Å². The van der Waals surface area contributed by atoms with E-state index in [1.165, 1.54) is 32.4 Å². The zero-order valence-electron chi connectivity index (χ0n) is 15.4. The van der Waals surface area contributed by atoms with Gasteiger partial charge in [-0.2, -0.15) is 5.10 Å². The molecule has 27 heavy (non-hydrogen) atoms. The molecule has 0 amide bonds. The van der Waals surface area contributed by atoms with E-state index in [-0.39, 0.29) is 16.3 Å². The Hall–Kier alpha value is -2.98. The summed E-state index contributed by atoms with van der Waals surface area (Å²) >= 11 is 0. The number of rotatable bonds is 7. The molecule has 0 radical (unpaired) electrons. The van der Waals surface area contributed by atoms with Crippen LogP contribution in [0.5, 0.6) is 0 Å². The Labute approximate surface area is 158 Å². The van der Waals surface area contributed by atoms with Crippen LogP contribution in [-0.4, -0.2) is 52.1 Å². The molecular formula is C17H21N5O4S. The molecule has 0 aliphatic carbocycles. The molecule has 0 spiro atoms. The number of hydrogen-bond donors (Lipinski definition) is 1. The van der Waals surface area contributed by atoms with Gasteiger partial charge in [0.1, 0.15) is 4.90 Å². The number of sulfonamides is 1. The molecule has 2 rings (SSSR count). The van der Waals surface area contributed by atoms with Crippen LogP contribution in [0.15, 0.2) is 52.5 Å². The van der Waals surface area contributed by atoms with E-state index in [9.17, 15) is 18.5 Å². The molecule has 0 saturated heterocycles. The lowest BCUT2D eigenvalue weighted by atomic mass is 10.2. The Balaban J connectivity index is 2.31. The molecule has 0 fully saturated rings. The lowest BCUT2D eigenvalue weighted by Crippen LogP contribution is -2.23. The van der Waals surface area contributed by atoms with Crippen LogP contribution in [0.3, 0.4) is 0 Å². The van der Waals surface area contributed by atoms with Gasteiger partial charge in [-0.05, 0) is 23.8 Å². The van der Waals surface area contributed by atoms with Gasteiger partial charge in [-0.15, -0.1) is 0 Å². The Morgan fingerprint density at radius 2 is 1.70 bits per heavy atom. The molecular weight excluding hydrogens is 370 g/mol. The third-order valence-corrected chi connectivity index (χ3v) is 5.60. The average Bonchev–Trinajstić information content (AvgIpc) is 2.62. The fraction of sp³-hybridized carbons (Fsp3) is 0.235. The summed E-state index contributed by atoms with van der Waals surface area (Å²) in [5.74, 6) is 0. The highest BCUT2D eigenvalue weighted by Gasteiger charge is 2.24. The quantitative estimate of drug-likeness (QED) is 0.441. The predicted octanol–water partition coefficient (Wildman–Crippen LogP) is 2.36. The van der Waals surface area contributed by atoms with Gasteiger partial charge < -0.3 is 4.90 Å². The van der Waals surface area contributed by atoms with Crippen molar-refractivity contribution in [2.24, 2.45) is 5.10 Å². The monoisotopic (exact) mass is 391 g/mol. The van der Waals surface area contributed by atoms with Gasteiger partial charge >= 0.3 is 0 Å². The van der Waals surface area contributed by atoms with Gasteiger partial charge in [0.25, 0.3) is 5.69 Å². The molecule has 144 valence electrons. The second-order valence-corrected chi connectivity index (χ2v) is 8.20. The molecule has 0 bridgehead atoms. The maximum absolute atomic E-state index is 12.5. The summed E-state index contributed by atoms with van der Waals surface area (Å²) in [7, 11) is 2.70. The number of hydrogen-bond acceptors (Lipinski definition) is 7. The smallest absolute Gasteiger partial charge is 0.270 e. The van der Waals surface area contributed by atoms with Gasteiger partial charge in [-0.1, -0.05) is 12.1 Å². The lowest BCUT2D eigenvalue weighted by molar-refractivity contribution is -0.385. The molecule has 0 unspecified atom stereocenters. The van der Waals surface area contributed by atoms with Crippen molar-refractivity contribution in [3.05, 3.63) is 58.1 Å². The van der Waals surface area contributed by atoms with Crippen LogP contribution in [0, 0.1) is 10.1 Å². The average molecular weight is 391 g/mol. The zero-order valence-corrected chi connectivity index (χ0v) is 16.3. The van der Waals surface area contributed by atoms with Gasteiger partial charge in [0.15, 0.2) is 0 Å². The number of nitrogens with zero attached hydrogens (tertiary/aromatic N) is 4. The number of nitro groups is 1. The number of benzene rings is 2. The highest BCUT2D eigenvalue weighted by Crippen LogP contribution is 2.28. The van der Waals surface area contributed by atoms with Crippen LogP contribution in [0.1, 0.15) is 5.56 Å².